The first-order valence-corrected chi connectivity index (χ1v) is 6.41. The summed E-state index contributed by atoms with van der Waals surface area (Å²) in [4.78, 5) is 4.07. The number of nitrogens with zero attached hydrogens (tertiary/aromatic N) is 1. The number of rotatable bonds is 5. The zero-order valence-corrected chi connectivity index (χ0v) is 14.4. The van der Waals surface area contributed by atoms with Crippen molar-refractivity contribution in [2.45, 2.75) is 20.3 Å². The standard InChI is InChI=1S/C14H21F2N3.HI/c1-10(2)9-19-14(17-3)18-7-6-11-4-5-12(15)8-13(11)16;/h4-5,8,10H,6-7,9H2,1-3H3,(H2,17,18,19);1H. The van der Waals surface area contributed by atoms with Gasteiger partial charge in [-0.2, -0.15) is 0 Å². The summed E-state index contributed by atoms with van der Waals surface area (Å²) in [6, 6.07) is 3.64. The topological polar surface area (TPSA) is 36.4 Å². The van der Waals surface area contributed by atoms with E-state index in [1.54, 1.807) is 7.05 Å². The van der Waals surface area contributed by atoms with Crippen molar-refractivity contribution in [3.05, 3.63) is 35.4 Å². The molecule has 0 aliphatic heterocycles. The van der Waals surface area contributed by atoms with Crippen LogP contribution in [0.15, 0.2) is 23.2 Å². The van der Waals surface area contributed by atoms with Gasteiger partial charge >= 0.3 is 0 Å². The third-order valence-electron chi connectivity index (χ3n) is 2.60. The van der Waals surface area contributed by atoms with E-state index in [0.717, 1.165) is 12.6 Å². The molecule has 0 amide bonds. The molecule has 0 fully saturated rings. The van der Waals surface area contributed by atoms with Crippen LogP contribution in [0.1, 0.15) is 19.4 Å². The summed E-state index contributed by atoms with van der Waals surface area (Å²) in [5, 5.41) is 6.26. The summed E-state index contributed by atoms with van der Waals surface area (Å²) >= 11 is 0. The predicted octanol–water partition coefficient (Wildman–Crippen LogP) is 2.95. The summed E-state index contributed by atoms with van der Waals surface area (Å²) in [6.45, 7) is 5.58. The quantitative estimate of drug-likeness (QED) is 0.456. The monoisotopic (exact) mass is 397 g/mol. The van der Waals surface area contributed by atoms with Gasteiger partial charge in [0.1, 0.15) is 11.6 Å². The molecule has 0 saturated carbocycles. The lowest BCUT2D eigenvalue weighted by Gasteiger charge is -2.13. The molecule has 0 aliphatic rings. The highest BCUT2D eigenvalue weighted by Crippen LogP contribution is 2.09. The Labute approximate surface area is 136 Å². The molecular formula is C14H22F2IN3. The molecule has 0 bridgehead atoms. The zero-order chi connectivity index (χ0) is 14.3. The van der Waals surface area contributed by atoms with Gasteiger partial charge < -0.3 is 10.6 Å². The van der Waals surface area contributed by atoms with E-state index in [1.165, 1.54) is 12.1 Å². The SMILES string of the molecule is CN=C(NCCc1ccc(F)cc1F)NCC(C)C.I. The molecule has 0 atom stereocenters. The fourth-order valence-corrected chi connectivity index (χ4v) is 1.56. The fraction of sp³-hybridized carbons (Fsp3) is 0.500. The van der Waals surface area contributed by atoms with Crippen molar-refractivity contribution in [3.8, 4) is 0 Å². The predicted molar refractivity (Wildman–Crippen MR) is 89.7 cm³/mol. The maximum atomic E-state index is 13.4. The van der Waals surface area contributed by atoms with Gasteiger partial charge in [0.2, 0.25) is 0 Å². The van der Waals surface area contributed by atoms with Crippen LogP contribution in [0, 0.1) is 17.6 Å². The molecule has 0 radical (unpaired) electrons. The highest BCUT2D eigenvalue weighted by molar-refractivity contribution is 14.0. The van der Waals surface area contributed by atoms with E-state index in [0.29, 0.717) is 30.4 Å². The molecule has 2 N–H and O–H groups in total. The van der Waals surface area contributed by atoms with Gasteiger partial charge in [-0.3, -0.25) is 4.99 Å². The van der Waals surface area contributed by atoms with Gasteiger partial charge in [0.15, 0.2) is 5.96 Å². The molecular weight excluding hydrogens is 375 g/mol. The van der Waals surface area contributed by atoms with Gasteiger partial charge in [-0.15, -0.1) is 24.0 Å². The summed E-state index contributed by atoms with van der Waals surface area (Å²) in [5.41, 5.74) is 0.494. The van der Waals surface area contributed by atoms with Gasteiger partial charge in [0.05, 0.1) is 0 Å². The van der Waals surface area contributed by atoms with Gasteiger partial charge in [0, 0.05) is 26.2 Å². The fourth-order valence-electron chi connectivity index (χ4n) is 1.56. The van der Waals surface area contributed by atoms with Crippen LogP contribution in [0.4, 0.5) is 8.78 Å². The van der Waals surface area contributed by atoms with Crippen LogP contribution in [0.25, 0.3) is 0 Å². The van der Waals surface area contributed by atoms with Gasteiger partial charge in [0.25, 0.3) is 0 Å². The van der Waals surface area contributed by atoms with Gasteiger partial charge in [-0.05, 0) is 24.0 Å². The molecule has 20 heavy (non-hydrogen) atoms. The third kappa shape index (κ3) is 7.02. The van der Waals surface area contributed by atoms with Crippen molar-refractivity contribution >= 4 is 29.9 Å². The Morgan fingerprint density at radius 1 is 1.25 bits per heavy atom. The molecule has 1 aromatic carbocycles. The smallest absolute Gasteiger partial charge is 0.190 e. The number of guanidine groups is 1. The average Bonchev–Trinajstić information content (AvgIpc) is 2.35. The Kier molecular flexibility index (Phi) is 9.45. The molecule has 0 aromatic heterocycles. The lowest BCUT2D eigenvalue weighted by atomic mass is 10.1. The van der Waals surface area contributed by atoms with Crippen molar-refractivity contribution in [2.24, 2.45) is 10.9 Å². The van der Waals surface area contributed by atoms with E-state index in [1.807, 2.05) is 0 Å². The number of nitrogens with one attached hydrogen (secondary N) is 2. The van der Waals surface area contributed by atoms with Crippen molar-refractivity contribution in [3.63, 3.8) is 0 Å². The minimum absolute atomic E-state index is 0. The summed E-state index contributed by atoms with van der Waals surface area (Å²) < 4.78 is 26.1. The maximum Gasteiger partial charge on any atom is 0.190 e. The number of aliphatic imine (C=N–C) groups is 1. The first kappa shape index (κ1) is 19.1. The van der Waals surface area contributed by atoms with Gasteiger partial charge in [-0.1, -0.05) is 19.9 Å². The Bertz CT molecular complexity index is 436. The van der Waals surface area contributed by atoms with Crippen molar-refractivity contribution in [2.75, 3.05) is 20.1 Å². The third-order valence-corrected chi connectivity index (χ3v) is 2.60. The second-order valence-electron chi connectivity index (χ2n) is 4.76. The van der Waals surface area contributed by atoms with Crippen LogP contribution < -0.4 is 10.6 Å². The van der Waals surface area contributed by atoms with E-state index < -0.39 is 11.6 Å². The first-order valence-electron chi connectivity index (χ1n) is 6.41. The van der Waals surface area contributed by atoms with E-state index in [-0.39, 0.29) is 24.0 Å². The van der Waals surface area contributed by atoms with Crippen molar-refractivity contribution in [1.82, 2.24) is 10.6 Å². The number of halogens is 3. The number of hydrogen-bond acceptors (Lipinski definition) is 1. The molecule has 1 rings (SSSR count). The zero-order valence-electron chi connectivity index (χ0n) is 12.0. The van der Waals surface area contributed by atoms with Crippen LogP contribution in [-0.2, 0) is 6.42 Å². The summed E-state index contributed by atoms with van der Waals surface area (Å²) in [7, 11) is 1.69. The molecule has 3 nitrogen and oxygen atoms in total. The lowest BCUT2D eigenvalue weighted by Crippen LogP contribution is -2.40. The molecule has 0 unspecified atom stereocenters. The van der Waals surface area contributed by atoms with E-state index in [4.69, 9.17) is 0 Å². The van der Waals surface area contributed by atoms with Crippen LogP contribution in [-0.4, -0.2) is 26.1 Å². The molecule has 0 spiro atoms. The normalized spacial score (nSPS) is 11.2. The minimum atomic E-state index is -0.552. The molecule has 0 heterocycles. The molecule has 114 valence electrons. The average molecular weight is 397 g/mol. The summed E-state index contributed by atoms with van der Waals surface area (Å²) in [5.74, 6) is 0.153. The molecule has 6 heteroatoms. The highest BCUT2D eigenvalue weighted by Gasteiger charge is 2.04. The van der Waals surface area contributed by atoms with Crippen molar-refractivity contribution in [1.29, 1.82) is 0 Å². The van der Waals surface area contributed by atoms with E-state index >= 15 is 0 Å². The second kappa shape index (κ2) is 9.90. The van der Waals surface area contributed by atoms with E-state index in [2.05, 4.69) is 29.5 Å². The van der Waals surface area contributed by atoms with Crippen molar-refractivity contribution < 1.29 is 8.78 Å². The second-order valence-corrected chi connectivity index (χ2v) is 4.76. The largest absolute Gasteiger partial charge is 0.356 e. The van der Waals surface area contributed by atoms with Crippen LogP contribution >= 0.6 is 24.0 Å². The molecule has 1 aromatic rings. The maximum absolute atomic E-state index is 13.4. The van der Waals surface area contributed by atoms with Gasteiger partial charge in [-0.25, -0.2) is 8.78 Å². The number of benzene rings is 1. The Morgan fingerprint density at radius 2 is 1.95 bits per heavy atom. The lowest BCUT2D eigenvalue weighted by molar-refractivity contribution is 0.570. The molecule has 0 saturated heterocycles. The molecule has 0 aliphatic carbocycles. The van der Waals surface area contributed by atoms with E-state index in [9.17, 15) is 8.78 Å². The minimum Gasteiger partial charge on any atom is -0.356 e. The van der Waals surface area contributed by atoms with Crippen LogP contribution in [0.3, 0.4) is 0 Å². The summed E-state index contributed by atoms with van der Waals surface area (Å²) in [6.07, 6.45) is 0.481. The first-order chi connectivity index (χ1) is 9.02. The Morgan fingerprint density at radius 3 is 2.50 bits per heavy atom. The van der Waals surface area contributed by atoms with Crippen LogP contribution in [0.2, 0.25) is 0 Å². The number of hydrogen-bond donors (Lipinski definition) is 2. The Hall–Kier alpha value is -0.920. The highest BCUT2D eigenvalue weighted by atomic mass is 127. The van der Waals surface area contributed by atoms with Crippen LogP contribution in [0.5, 0.6) is 0 Å². The Balaban J connectivity index is 0.00000361.